The molecule has 0 aliphatic carbocycles. The molecule has 8 heteroatoms. The van der Waals surface area contributed by atoms with Crippen LogP contribution in [0.2, 0.25) is 0 Å². The Hall–Kier alpha value is -2.09. The zero-order chi connectivity index (χ0) is 26.6. The molecular weight excluding hydrogens is 524 g/mol. The predicted molar refractivity (Wildman–Crippen MR) is 145 cm³/mol. The molecule has 1 aromatic carbocycles. The smallest absolute Gasteiger partial charge is 0.308 e. The van der Waals surface area contributed by atoms with Gasteiger partial charge in [-0.2, -0.15) is 0 Å². The molecule has 7 nitrogen and oxygen atoms in total. The minimum absolute atomic E-state index is 0.00585. The molecular formula is C28H43BrN2O5. The number of nitrogens with zero attached hydrogens (tertiary/aromatic N) is 1. The number of rotatable bonds is 14. The molecule has 1 atom stereocenters. The molecule has 1 saturated heterocycles. The van der Waals surface area contributed by atoms with E-state index < -0.39 is 12.0 Å². The predicted octanol–water partition coefficient (Wildman–Crippen LogP) is 5.53. The van der Waals surface area contributed by atoms with Crippen molar-refractivity contribution in [1.82, 2.24) is 10.2 Å². The van der Waals surface area contributed by atoms with Gasteiger partial charge in [-0.25, -0.2) is 0 Å². The lowest BCUT2D eigenvalue weighted by Gasteiger charge is -2.34. The molecule has 1 unspecified atom stereocenters. The van der Waals surface area contributed by atoms with Gasteiger partial charge in [0.05, 0.1) is 17.5 Å². The summed E-state index contributed by atoms with van der Waals surface area (Å²) in [6.45, 7) is 9.39. The van der Waals surface area contributed by atoms with Crippen LogP contribution in [-0.2, 0) is 24.5 Å². The normalized spacial score (nSPS) is 16.0. The number of unbranched alkanes of at least 4 members (excludes halogenated alkanes) is 7. The Bertz CT molecular complexity index is 868. The number of esters is 1. The topological polar surface area (TPSA) is 84.9 Å². The van der Waals surface area contributed by atoms with Crippen LogP contribution in [0.4, 0.5) is 0 Å². The molecule has 2 rings (SSSR count). The van der Waals surface area contributed by atoms with Crippen LogP contribution in [0.25, 0.3) is 0 Å². The monoisotopic (exact) mass is 566 g/mol. The summed E-state index contributed by atoms with van der Waals surface area (Å²) >= 11 is 3.52. The maximum atomic E-state index is 12.9. The second-order valence-corrected chi connectivity index (χ2v) is 11.3. The van der Waals surface area contributed by atoms with Crippen LogP contribution in [0.15, 0.2) is 22.7 Å². The van der Waals surface area contributed by atoms with Crippen molar-refractivity contribution in [3.63, 3.8) is 0 Å². The van der Waals surface area contributed by atoms with Crippen molar-refractivity contribution in [2.75, 3.05) is 26.3 Å². The van der Waals surface area contributed by atoms with E-state index in [2.05, 4.69) is 48.9 Å². The van der Waals surface area contributed by atoms with E-state index in [0.717, 1.165) is 29.3 Å². The summed E-state index contributed by atoms with van der Waals surface area (Å²) in [5, 5.41) is 2.74. The number of hydrogen-bond acceptors (Lipinski definition) is 5. The molecule has 0 spiro atoms. The molecule has 202 valence electrons. The largest absolute Gasteiger partial charge is 0.483 e. The molecule has 1 aliphatic heterocycles. The first-order chi connectivity index (χ1) is 17.1. The summed E-state index contributed by atoms with van der Waals surface area (Å²) < 4.78 is 11.9. The van der Waals surface area contributed by atoms with E-state index in [1.807, 2.05) is 18.2 Å². The number of piperazine rings is 1. The Morgan fingerprint density at radius 2 is 1.75 bits per heavy atom. The van der Waals surface area contributed by atoms with Crippen LogP contribution in [-0.4, -0.2) is 55.0 Å². The Kier molecular flexibility index (Phi) is 12.7. The Labute approximate surface area is 224 Å². The van der Waals surface area contributed by atoms with Gasteiger partial charge in [0.25, 0.3) is 5.91 Å². The molecule has 2 amide bonds. The van der Waals surface area contributed by atoms with Gasteiger partial charge in [-0.1, -0.05) is 78.7 Å². The highest BCUT2D eigenvalue weighted by Crippen LogP contribution is 2.31. The second-order valence-electron chi connectivity index (χ2n) is 10.5. The van der Waals surface area contributed by atoms with Crippen LogP contribution in [0.1, 0.15) is 91.0 Å². The fourth-order valence-electron chi connectivity index (χ4n) is 4.16. The minimum Gasteiger partial charge on any atom is -0.483 e. The van der Waals surface area contributed by atoms with E-state index in [0.29, 0.717) is 25.4 Å². The highest BCUT2D eigenvalue weighted by Gasteiger charge is 2.35. The van der Waals surface area contributed by atoms with Gasteiger partial charge in [0.1, 0.15) is 11.8 Å². The molecule has 1 N–H and O–H groups in total. The maximum absolute atomic E-state index is 12.9. The molecule has 1 aromatic rings. The second kappa shape index (κ2) is 15.2. The number of amides is 2. The Balaban J connectivity index is 1.80. The zero-order valence-electron chi connectivity index (χ0n) is 22.4. The Morgan fingerprint density at radius 1 is 1.08 bits per heavy atom. The fraction of sp³-hybridized carbons (Fsp3) is 0.679. The van der Waals surface area contributed by atoms with Gasteiger partial charge in [0.15, 0.2) is 6.61 Å². The summed E-state index contributed by atoms with van der Waals surface area (Å²) in [5.74, 6) is -0.578. The highest BCUT2D eigenvalue weighted by molar-refractivity contribution is 9.10. The Morgan fingerprint density at radius 3 is 2.39 bits per heavy atom. The highest BCUT2D eigenvalue weighted by atomic mass is 79.9. The summed E-state index contributed by atoms with van der Waals surface area (Å²) in [6.07, 6.45) is 9.13. The lowest BCUT2D eigenvalue weighted by molar-refractivity contribution is -0.152. The van der Waals surface area contributed by atoms with Crippen molar-refractivity contribution in [3.05, 3.63) is 28.2 Å². The maximum Gasteiger partial charge on any atom is 0.308 e. The van der Waals surface area contributed by atoms with E-state index >= 15 is 0 Å². The third-order valence-corrected chi connectivity index (χ3v) is 7.04. The van der Waals surface area contributed by atoms with Gasteiger partial charge < -0.3 is 19.7 Å². The molecule has 0 bridgehead atoms. The summed E-state index contributed by atoms with van der Waals surface area (Å²) in [7, 11) is 0. The summed E-state index contributed by atoms with van der Waals surface area (Å²) in [5.41, 5.74) is 1.14. The third kappa shape index (κ3) is 10.1. The lowest BCUT2D eigenvalue weighted by Crippen LogP contribution is -2.58. The van der Waals surface area contributed by atoms with Crippen LogP contribution in [0.5, 0.6) is 5.75 Å². The van der Waals surface area contributed by atoms with Gasteiger partial charge in [0, 0.05) is 13.1 Å². The first-order valence-electron chi connectivity index (χ1n) is 13.3. The van der Waals surface area contributed by atoms with Crippen LogP contribution < -0.4 is 10.1 Å². The van der Waals surface area contributed by atoms with E-state index in [4.69, 9.17) is 9.47 Å². The average Bonchev–Trinajstić information content (AvgIpc) is 2.82. The van der Waals surface area contributed by atoms with Gasteiger partial charge in [-0.05, 0) is 45.5 Å². The van der Waals surface area contributed by atoms with Gasteiger partial charge in [-0.3, -0.25) is 14.4 Å². The SMILES string of the molecule is CCCCCCCCCCOC(=O)CC1C(=O)NCCN1C(=O)COc1ccc(C(C)(C)C)cc1Br. The van der Waals surface area contributed by atoms with Crippen LogP contribution >= 0.6 is 15.9 Å². The molecule has 36 heavy (non-hydrogen) atoms. The summed E-state index contributed by atoms with van der Waals surface area (Å²) in [4.78, 5) is 39.2. The minimum atomic E-state index is -0.882. The van der Waals surface area contributed by atoms with E-state index in [1.54, 1.807) is 0 Å². The number of carbonyl (C=O) groups excluding carboxylic acids is 3. The quantitative estimate of drug-likeness (QED) is 0.236. The molecule has 0 radical (unpaired) electrons. The average molecular weight is 568 g/mol. The fourth-order valence-corrected chi connectivity index (χ4v) is 4.65. The van der Waals surface area contributed by atoms with E-state index in [1.165, 1.54) is 37.0 Å². The lowest BCUT2D eigenvalue weighted by atomic mass is 9.87. The number of benzene rings is 1. The molecule has 1 fully saturated rings. The molecule has 1 heterocycles. The molecule has 0 saturated carbocycles. The van der Waals surface area contributed by atoms with Crippen molar-refractivity contribution in [1.29, 1.82) is 0 Å². The number of ether oxygens (including phenoxy) is 2. The van der Waals surface area contributed by atoms with Gasteiger partial charge >= 0.3 is 5.97 Å². The zero-order valence-corrected chi connectivity index (χ0v) is 24.0. The number of hydrogen-bond donors (Lipinski definition) is 1. The van der Waals surface area contributed by atoms with E-state index in [9.17, 15) is 14.4 Å². The first kappa shape index (κ1) is 30.1. The van der Waals surface area contributed by atoms with Crippen molar-refractivity contribution in [2.24, 2.45) is 0 Å². The number of nitrogens with one attached hydrogen (secondary N) is 1. The van der Waals surface area contributed by atoms with Crippen molar-refractivity contribution < 1.29 is 23.9 Å². The van der Waals surface area contributed by atoms with Crippen molar-refractivity contribution >= 4 is 33.7 Å². The van der Waals surface area contributed by atoms with Crippen molar-refractivity contribution in [3.8, 4) is 5.75 Å². The van der Waals surface area contributed by atoms with Crippen molar-refractivity contribution in [2.45, 2.75) is 96.9 Å². The van der Waals surface area contributed by atoms with Gasteiger partial charge in [0.2, 0.25) is 5.91 Å². The standard InChI is InChI=1S/C28H43BrN2O5/c1-5-6-7-8-9-10-11-12-17-35-26(33)19-23-27(34)30-15-16-31(23)25(32)20-36-24-14-13-21(18-22(24)29)28(2,3)4/h13-14,18,23H,5-12,15-17,19-20H2,1-4H3,(H,30,34). The van der Waals surface area contributed by atoms with E-state index in [-0.39, 0.29) is 30.3 Å². The number of carbonyl (C=O) groups is 3. The summed E-state index contributed by atoms with van der Waals surface area (Å²) in [6, 6.07) is 4.91. The molecule has 0 aromatic heterocycles. The van der Waals surface area contributed by atoms with Gasteiger partial charge in [-0.15, -0.1) is 0 Å². The number of halogens is 1. The van der Waals surface area contributed by atoms with Crippen LogP contribution in [0.3, 0.4) is 0 Å². The molecule has 1 aliphatic rings. The third-order valence-electron chi connectivity index (χ3n) is 6.42. The first-order valence-corrected chi connectivity index (χ1v) is 14.1. The van der Waals surface area contributed by atoms with Crippen LogP contribution in [0, 0.1) is 0 Å².